The van der Waals surface area contributed by atoms with Crippen molar-refractivity contribution in [1.29, 1.82) is 0 Å². The topological polar surface area (TPSA) is 73.3 Å². The lowest BCUT2D eigenvalue weighted by atomic mass is 10.1. The van der Waals surface area contributed by atoms with Crippen LogP contribution in [0.4, 0.5) is 5.13 Å². The van der Waals surface area contributed by atoms with Crippen LogP contribution in [0.2, 0.25) is 0 Å². The lowest BCUT2D eigenvalue weighted by Gasteiger charge is -2.07. The molecule has 2 aromatic heterocycles. The zero-order valence-corrected chi connectivity index (χ0v) is 17.7. The third kappa shape index (κ3) is 5.15. The van der Waals surface area contributed by atoms with E-state index in [1.165, 1.54) is 22.7 Å². The Labute approximate surface area is 172 Å². The third-order valence-corrected chi connectivity index (χ3v) is 5.70. The summed E-state index contributed by atoms with van der Waals surface area (Å²) in [6.45, 7) is 7.08. The van der Waals surface area contributed by atoms with Crippen LogP contribution in [0.3, 0.4) is 0 Å². The average Bonchev–Trinajstić information content (AvgIpc) is 3.32. The highest BCUT2D eigenvalue weighted by molar-refractivity contribution is 7.14. The average molecular weight is 418 g/mol. The summed E-state index contributed by atoms with van der Waals surface area (Å²) in [5.74, 6) is 0.645. The predicted molar refractivity (Wildman–Crippen MR) is 113 cm³/mol. The van der Waals surface area contributed by atoms with Crippen molar-refractivity contribution in [3.63, 3.8) is 0 Å². The Hall–Kier alpha value is -2.29. The molecule has 3 rings (SSSR count). The van der Waals surface area contributed by atoms with Crippen LogP contribution in [0.15, 0.2) is 35.0 Å². The van der Waals surface area contributed by atoms with Gasteiger partial charge in [0.25, 0.3) is 0 Å². The number of amides is 1. The molecule has 0 saturated carbocycles. The highest BCUT2D eigenvalue weighted by Crippen LogP contribution is 2.32. The maximum absolute atomic E-state index is 12.4. The molecular weight excluding hydrogens is 394 g/mol. The number of para-hydroxylation sites is 1. The van der Waals surface area contributed by atoms with E-state index in [2.05, 4.69) is 15.3 Å². The number of hydrogen-bond acceptors (Lipinski definition) is 7. The SMILES string of the molecule is CCOc1ccccc1-c1csc(NC(=O)Cc2csc(C(C)OCC)n2)n1. The van der Waals surface area contributed by atoms with Gasteiger partial charge in [-0.15, -0.1) is 22.7 Å². The van der Waals surface area contributed by atoms with E-state index < -0.39 is 0 Å². The first kappa shape index (κ1) is 20.4. The molecule has 8 heteroatoms. The molecule has 0 aliphatic carbocycles. The van der Waals surface area contributed by atoms with E-state index in [4.69, 9.17) is 9.47 Å². The smallest absolute Gasteiger partial charge is 0.232 e. The standard InChI is InChI=1S/C20H23N3O3S2/c1-4-25-13(3)19-21-14(11-27-19)10-18(24)23-20-22-16(12-28-20)15-8-6-7-9-17(15)26-5-2/h6-9,11-13H,4-5,10H2,1-3H3,(H,22,23,24). The van der Waals surface area contributed by atoms with Crippen molar-refractivity contribution in [3.05, 3.63) is 45.7 Å². The Kier molecular flexibility index (Phi) is 7.13. The van der Waals surface area contributed by atoms with Crippen molar-refractivity contribution >= 4 is 33.7 Å². The summed E-state index contributed by atoms with van der Waals surface area (Å²) in [6, 6.07) is 7.75. The molecule has 2 heterocycles. The third-order valence-electron chi connectivity index (χ3n) is 3.89. The number of rotatable bonds is 9. The van der Waals surface area contributed by atoms with Gasteiger partial charge in [0.05, 0.1) is 24.4 Å². The molecule has 1 atom stereocenters. The van der Waals surface area contributed by atoms with Gasteiger partial charge in [0.2, 0.25) is 5.91 Å². The number of carbonyl (C=O) groups excluding carboxylic acids is 1. The molecule has 0 saturated heterocycles. The quantitative estimate of drug-likeness (QED) is 0.534. The molecule has 28 heavy (non-hydrogen) atoms. The van der Waals surface area contributed by atoms with E-state index in [1.54, 1.807) is 0 Å². The monoisotopic (exact) mass is 417 g/mol. The Morgan fingerprint density at radius 1 is 1.14 bits per heavy atom. The van der Waals surface area contributed by atoms with Gasteiger partial charge in [-0.3, -0.25) is 4.79 Å². The van der Waals surface area contributed by atoms with Crippen molar-refractivity contribution in [2.45, 2.75) is 33.3 Å². The van der Waals surface area contributed by atoms with Gasteiger partial charge in [0, 0.05) is 22.9 Å². The zero-order valence-electron chi connectivity index (χ0n) is 16.1. The van der Waals surface area contributed by atoms with Crippen molar-refractivity contribution in [2.24, 2.45) is 0 Å². The van der Waals surface area contributed by atoms with Crippen molar-refractivity contribution < 1.29 is 14.3 Å². The number of benzene rings is 1. The Balaban J connectivity index is 1.63. The lowest BCUT2D eigenvalue weighted by Crippen LogP contribution is -2.14. The van der Waals surface area contributed by atoms with Gasteiger partial charge in [-0.1, -0.05) is 12.1 Å². The summed E-state index contributed by atoms with van der Waals surface area (Å²) in [6.07, 6.45) is 0.151. The summed E-state index contributed by atoms with van der Waals surface area (Å²) in [7, 11) is 0. The second kappa shape index (κ2) is 9.77. The van der Waals surface area contributed by atoms with E-state index >= 15 is 0 Å². The first-order chi connectivity index (χ1) is 13.6. The van der Waals surface area contributed by atoms with Crippen LogP contribution < -0.4 is 10.1 Å². The summed E-state index contributed by atoms with van der Waals surface area (Å²) in [4.78, 5) is 21.4. The molecule has 3 aromatic rings. The molecule has 148 valence electrons. The van der Waals surface area contributed by atoms with Crippen LogP contribution in [-0.2, 0) is 16.0 Å². The highest BCUT2D eigenvalue weighted by Gasteiger charge is 2.15. The number of thiazole rings is 2. The first-order valence-corrected chi connectivity index (χ1v) is 10.9. The number of nitrogens with zero attached hydrogens (tertiary/aromatic N) is 2. The number of hydrogen-bond donors (Lipinski definition) is 1. The summed E-state index contributed by atoms with van der Waals surface area (Å²) in [5, 5.41) is 8.11. The number of nitrogens with one attached hydrogen (secondary N) is 1. The minimum atomic E-state index is -0.139. The first-order valence-electron chi connectivity index (χ1n) is 9.14. The van der Waals surface area contributed by atoms with Crippen molar-refractivity contribution in [1.82, 2.24) is 9.97 Å². The molecule has 1 unspecified atom stereocenters. The maximum atomic E-state index is 12.4. The van der Waals surface area contributed by atoms with Crippen molar-refractivity contribution in [2.75, 3.05) is 18.5 Å². The molecular formula is C20H23N3O3S2. The van der Waals surface area contributed by atoms with E-state index in [9.17, 15) is 4.79 Å². The zero-order chi connectivity index (χ0) is 19.9. The highest BCUT2D eigenvalue weighted by atomic mass is 32.1. The molecule has 1 N–H and O–H groups in total. The Morgan fingerprint density at radius 3 is 2.75 bits per heavy atom. The van der Waals surface area contributed by atoms with E-state index in [-0.39, 0.29) is 18.4 Å². The van der Waals surface area contributed by atoms with Gasteiger partial charge in [-0.25, -0.2) is 9.97 Å². The lowest BCUT2D eigenvalue weighted by molar-refractivity contribution is -0.115. The van der Waals surface area contributed by atoms with Crippen LogP contribution in [0, 0.1) is 0 Å². The molecule has 0 bridgehead atoms. The fourth-order valence-corrected chi connectivity index (χ4v) is 4.20. The molecule has 0 radical (unpaired) electrons. The molecule has 0 aliphatic heterocycles. The largest absolute Gasteiger partial charge is 0.493 e. The number of anilines is 1. The molecule has 1 aromatic carbocycles. The summed E-state index contributed by atoms with van der Waals surface area (Å²) in [5.41, 5.74) is 2.43. The second-order valence-electron chi connectivity index (χ2n) is 5.97. The van der Waals surface area contributed by atoms with Crippen molar-refractivity contribution in [3.8, 4) is 17.0 Å². The van der Waals surface area contributed by atoms with E-state index in [1.807, 2.05) is 55.8 Å². The van der Waals surface area contributed by atoms with Crippen LogP contribution in [0.1, 0.15) is 37.6 Å². The van der Waals surface area contributed by atoms with Gasteiger partial charge in [-0.05, 0) is 32.9 Å². The number of carbonyl (C=O) groups is 1. The summed E-state index contributed by atoms with van der Waals surface area (Å²) >= 11 is 2.90. The molecule has 1 amide bonds. The minimum Gasteiger partial charge on any atom is -0.493 e. The number of ether oxygens (including phenoxy) is 2. The Bertz CT molecular complexity index is 923. The van der Waals surface area contributed by atoms with Gasteiger partial charge in [0.15, 0.2) is 5.13 Å². The molecule has 6 nitrogen and oxygen atoms in total. The van der Waals surface area contributed by atoms with Crippen LogP contribution >= 0.6 is 22.7 Å². The Morgan fingerprint density at radius 2 is 1.96 bits per heavy atom. The van der Waals surface area contributed by atoms with E-state index in [0.29, 0.717) is 18.3 Å². The number of aromatic nitrogens is 2. The fraction of sp³-hybridized carbons (Fsp3) is 0.350. The molecule has 0 spiro atoms. The molecule has 0 fully saturated rings. The normalized spacial score (nSPS) is 12.0. The van der Waals surface area contributed by atoms with E-state index in [0.717, 1.165) is 27.7 Å². The second-order valence-corrected chi connectivity index (χ2v) is 7.71. The van der Waals surface area contributed by atoms with Crippen LogP contribution in [0.25, 0.3) is 11.3 Å². The maximum Gasteiger partial charge on any atom is 0.232 e. The van der Waals surface area contributed by atoms with Gasteiger partial charge < -0.3 is 14.8 Å². The van der Waals surface area contributed by atoms with Gasteiger partial charge in [0.1, 0.15) is 16.9 Å². The fourth-order valence-electron chi connectivity index (χ4n) is 2.65. The van der Waals surface area contributed by atoms with Gasteiger partial charge >= 0.3 is 0 Å². The van der Waals surface area contributed by atoms with Crippen LogP contribution in [0.5, 0.6) is 5.75 Å². The molecule has 0 aliphatic rings. The summed E-state index contributed by atoms with van der Waals surface area (Å²) < 4.78 is 11.2. The predicted octanol–water partition coefficient (Wildman–Crippen LogP) is 4.94. The minimum absolute atomic E-state index is 0.0567. The van der Waals surface area contributed by atoms with Crippen LogP contribution in [-0.4, -0.2) is 29.1 Å². The van der Waals surface area contributed by atoms with Gasteiger partial charge in [-0.2, -0.15) is 0 Å².